The summed E-state index contributed by atoms with van der Waals surface area (Å²) in [5.74, 6) is -1.26. The van der Waals surface area contributed by atoms with Gasteiger partial charge in [-0.1, -0.05) is 48.0 Å². The van der Waals surface area contributed by atoms with E-state index in [0.717, 1.165) is 15.1 Å². The number of rotatable bonds is 5. The number of halogens is 1. The van der Waals surface area contributed by atoms with Gasteiger partial charge in [-0.15, -0.1) is 0 Å². The molecule has 0 unspecified atom stereocenters. The molecule has 0 amide bonds. The lowest BCUT2D eigenvalue weighted by Crippen LogP contribution is -2.35. The summed E-state index contributed by atoms with van der Waals surface area (Å²) in [4.78, 5) is 11.2. The van der Waals surface area contributed by atoms with Gasteiger partial charge in [0, 0.05) is 5.02 Å². The molecule has 0 fully saturated rings. The summed E-state index contributed by atoms with van der Waals surface area (Å²) in [6, 6.07) is 18.1. The van der Waals surface area contributed by atoms with Crippen LogP contribution in [-0.2, 0) is 14.8 Å². The standard InChI is InChI=1S/C18H14ClNO4S/c19-15-6-3-7-16(11-15)20(12-18(21)22)25(23,24)17-9-8-13-4-1-2-5-14(13)10-17/h1-11H,12H2,(H,21,22). The first-order chi connectivity index (χ1) is 11.9. The van der Waals surface area contributed by atoms with Crippen LogP contribution in [0.25, 0.3) is 10.8 Å². The van der Waals surface area contributed by atoms with E-state index in [9.17, 15) is 13.2 Å². The highest BCUT2D eigenvalue weighted by atomic mass is 35.5. The minimum absolute atomic E-state index is 0.0208. The summed E-state index contributed by atoms with van der Waals surface area (Å²) in [6.45, 7) is -0.699. The summed E-state index contributed by atoms with van der Waals surface area (Å²) < 4.78 is 26.9. The number of carboxylic acid groups (broad SMARTS) is 1. The van der Waals surface area contributed by atoms with Gasteiger partial charge >= 0.3 is 5.97 Å². The van der Waals surface area contributed by atoms with Crippen LogP contribution < -0.4 is 4.31 Å². The Hall–Kier alpha value is -2.57. The average Bonchev–Trinajstić information content (AvgIpc) is 2.59. The van der Waals surface area contributed by atoms with Crippen LogP contribution in [0.2, 0.25) is 5.02 Å². The highest BCUT2D eigenvalue weighted by molar-refractivity contribution is 7.92. The van der Waals surface area contributed by atoms with E-state index in [-0.39, 0.29) is 10.6 Å². The third kappa shape index (κ3) is 3.60. The van der Waals surface area contributed by atoms with Gasteiger partial charge in [0.1, 0.15) is 6.54 Å². The monoisotopic (exact) mass is 375 g/mol. The van der Waals surface area contributed by atoms with E-state index in [0.29, 0.717) is 5.02 Å². The predicted molar refractivity (Wildman–Crippen MR) is 97.6 cm³/mol. The molecule has 128 valence electrons. The maximum absolute atomic E-state index is 13.0. The van der Waals surface area contributed by atoms with Gasteiger partial charge in [0.15, 0.2) is 0 Å². The topological polar surface area (TPSA) is 74.7 Å². The lowest BCUT2D eigenvalue weighted by atomic mass is 10.1. The number of aliphatic carboxylic acids is 1. The van der Waals surface area contributed by atoms with E-state index in [1.807, 2.05) is 18.2 Å². The van der Waals surface area contributed by atoms with Gasteiger partial charge in [0.05, 0.1) is 10.6 Å². The Balaban J connectivity index is 2.13. The molecule has 25 heavy (non-hydrogen) atoms. The molecule has 1 N–H and O–H groups in total. The summed E-state index contributed by atoms with van der Waals surface area (Å²) in [5, 5.41) is 11.1. The maximum atomic E-state index is 13.0. The SMILES string of the molecule is O=C(O)CN(c1cccc(Cl)c1)S(=O)(=O)c1ccc2ccccc2c1. The number of hydrogen-bond acceptors (Lipinski definition) is 3. The van der Waals surface area contributed by atoms with Gasteiger partial charge < -0.3 is 5.11 Å². The number of carboxylic acids is 1. The van der Waals surface area contributed by atoms with Crippen molar-refractivity contribution in [3.63, 3.8) is 0 Å². The van der Waals surface area contributed by atoms with E-state index in [1.54, 1.807) is 24.3 Å². The third-order valence-corrected chi connectivity index (χ3v) is 5.69. The Morgan fingerprint density at radius 1 is 0.960 bits per heavy atom. The first-order valence-electron chi connectivity index (χ1n) is 7.37. The number of sulfonamides is 1. The van der Waals surface area contributed by atoms with E-state index < -0.39 is 22.5 Å². The zero-order valence-electron chi connectivity index (χ0n) is 13.0. The molecule has 0 heterocycles. The molecule has 0 spiro atoms. The van der Waals surface area contributed by atoms with E-state index in [1.165, 1.54) is 24.3 Å². The molecular formula is C18H14ClNO4S. The molecular weight excluding hydrogens is 362 g/mol. The van der Waals surface area contributed by atoms with Crippen molar-refractivity contribution in [1.29, 1.82) is 0 Å². The fourth-order valence-electron chi connectivity index (χ4n) is 2.52. The molecule has 3 aromatic carbocycles. The van der Waals surface area contributed by atoms with Crippen molar-refractivity contribution >= 4 is 44.1 Å². The average molecular weight is 376 g/mol. The molecule has 0 aliphatic carbocycles. The molecule has 0 atom stereocenters. The molecule has 0 radical (unpaired) electrons. The number of fused-ring (bicyclic) bond motifs is 1. The molecule has 0 aromatic heterocycles. The van der Waals surface area contributed by atoms with Crippen LogP contribution in [0.4, 0.5) is 5.69 Å². The fraction of sp³-hybridized carbons (Fsp3) is 0.0556. The molecule has 3 rings (SSSR count). The molecule has 0 aliphatic rings. The highest BCUT2D eigenvalue weighted by Crippen LogP contribution is 2.27. The number of nitrogens with zero attached hydrogens (tertiary/aromatic N) is 1. The van der Waals surface area contributed by atoms with Crippen LogP contribution in [0.15, 0.2) is 71.6 Å². The summed E-state index contributed by atoms with van der Waals surface area (Å²) in [6.07, 6.45) is 0. The van der Waals surface area contributed by atoms with Crippen molar-refractivity contribution in [3.05, 3.63) is 71.8 Å². The quantitative estimate of drug-likeness (QED) is 0.736. The first-order valence-corrected chi connectivity index (χ1v) is 9.18. The zero-order chi connectivity index (χ0) is 18.0. The smallest absolute Gasteiger partial charge is 0.324 e. The Morgan fingerprint density at radius 3 is 2.36 bits per heavy atom. The molecule has 3 aromatic rings. The second-order valence-corrected chi connectivity index (χ2v) is 7.69. The molecule has 0 aliphatic heterocycles. The van der Waals surface area contributed by atoms with Gasteiger partial charge in [-0.3, -0.25) is 9.10 Å². The van der Waals surface area contributed by atoms with Crippen LogP contribution in [-0.4, -0.2) is 26.0 Å². The number of anilines is 1. The summed E-state index contributed by atoms with van der Waals surface area (Å²) in [7, 11) is -4.06. The normalized spacial score (nSPS) is 11.4. The highest BCUT2D eigenvalue weighted by Gasteiger charge is 2.27. The van der Waals surface area contributed by atoms with Crippen molar-refractivity contribution in [2.75, 3.05) is 10.8 Å². The number of carbonyl (C=O) groups is 1. The van der Waals surface area contributed by atoms with Gasteiger partial charge in [-0.2, -0.15) is 0 Å². The van der Waals surface area contributed by atoms with Crippen LogP contribution in [0, 0.1) is 0 Å². The lowest BCUT2D eigenvalue weighted by Gasteiger charge is -2.23. The second-order valence-electron chi connectivity index (χ2n) is 5.39. The van der Waals surface area contributed by atoms with Gasteiger partial charge in [0.2, 0.25) is 0 Å². The number of hydrogen-bond donors (Lipinski definition) is 1. The van der Waals surface area contributed by atoms with Crippen LogP contribution >= 0.6 is 11.6 Å². The van der Waals surface area contributed by atoms with Gasteiger partial charge in [-0.05, 0) is 41.1 Å². The summed E-state index contributed by atoms with van der Waals surface area (Å²) >= 11 is 5.93. The Labute approximate surface area is 150 Å². The lowest BCUT2D eigenvalue weighted by molar-refractivity contribution is -0.135. The molecule has 0 saturated carbocycles. The first kappa shape index (κ1) is 17.3. The Bertz CT molecular complexity index is 1050. The minimum Gasteiger partial charge on any atom is -0.480 e. The zero-order valence-corrected chi connectivity index (χ0v) is 14.5. The van der Waals surface area contributed by atoms with E-state index >= 15 is 0 Å². The Morgan fingerprint density at radius 2 is 1.68 bits per heavy atom. The van der Waals surface area contributed by atoms with Crippen LogP contribution in [0.3, 0.4) is 0 Å². The van der Waals surface area contributed by atoms with Crippen LogP contribution in [0.5, 0.6) is 0 Å². The molecule has 0 saturated heterocycles. The fourth-order valence-corrected chi connectivity index (χ4v) is 4.15. The van der Waals surface area contributed by atoms with E-state index in [4.69, 9.17) is 16.7 Å². The molecule has 7 heteroatoms. The second kappa shape index (κ2) is 6.74. The van der Waals surface area contributed by atoms with Crippen molar-refractivity contribution in [3.8, 4) is 0 Å². The molecule has 0 bridgehead atoms. The van der Waals surface area contributed by atoms with Crippen molar-refractivity contribution in [2.24, 2.45) is 0 Å². The van der Waals surface area contributed by atoms with Crippen LogP contribution in [0.1, 0.15) is 0 Å². The van der Waals surface area contributed by atoms with Gasteiger partial charge in [0.25, 0.3) is 10.0 Å². The summed E-state index contributed by atoms with van der Waals surface area (Å²) in [5.41, 5.74) is 0.197. The molecule has 5 nitrogen and oxygen atoms in total. The minimum atomic E-state index is -4.06. The third-order valence-electron chi connectivity index (χ3n) is 3.68. The van der Waals surface area contributed by atoms with Crippen molar-refractivity contribution < 1.29 is 18.3 Å². The van der Waals surface area contributed by atoms with Crippen molar-refractivity contribution in [1.82, 2.24) is 0 Å². The van der Waals surface area contributed by atoms with Gasteiger partial charge in [-0.25, -0.2) is 8.42 Å². The van der Waals surface area contributed by atoms with E-state index in [2.05, 4.69) is 0 Å². The Kier molecular flexibility index (Phi) is 4.65. The largest absolute Gasteiger partial charge is 0.480 e. The predicted octanol–water partition coefficient (Wildman–Crippen LogP) is 3.77. The van der Waals surface area contributed by atoms with Crippen molar-refractivity contribution in [2.45, 2.75) is 4.90 Å². The number of benzene rings is 3. The maximum Gasteiger partial charge on any atom is 0.324 e.